The van der Waals surface area contributed by atoms with Crippen molar-refractivity contribution in [2.75, 3.05) is 26.4 Å². The summed E-state index contributed by atoms with van der Waals surface area (Å²) in [7, 11) is 0. The van der Waals surface area contributed by atoms with Crippen molar-refractivity contribution >= 4 is 48.5 Å². The lowest BCUT2D eigenvalue weighted by Crippen LogP contribution is -2.65. The van der Waals surface area contributed by atoms with Crippen LogP contribution in [0.15, 0.2) is 0 Å². The molecule has 0 bridgehead atoms. The van der Waals surface area contributed by atoms with E-state index in [1.807, 2.05) is 0 Å². The molecule has 4 fully saturated rings. The number of carbonyl (C=O) groups is 4. The monoisotopic (exact) mass is 1070 g/mol. The number of ether oxygens (including phenoxy) is 10. The van der Waals surface area contributed by atoms with Crippen LogP contribution in [0.4, 0.5) is 0 Å². The Balaban J connectivity index is 0.000000370. The third-order valence-electron chi connectivity index (χ3n) is 10.4. The minimum Gasteiger partial charge on any atom is -0.455 e. The van der Waals surface area contributed by atoms with Gasteiger partial charge in [0.2, 0.25) is 12.6 Å². The maximum absolute atomic E-state index is 12.1. The summed E-state index contributed by atoms with van der Waals surface area (Å²) >= 11 is 0.0625. The minimum absolute atomic E-state index is 0.0313. The van der Waals surface area contributed by atoms with Crippen LogP contribution in [0.1, 0.15) is 53.4 Å². The fourth-order valence-electron chi connectivity index (χ4n) is 6.71. The predicted molar refractivity (Wildman–Crippen MR) is 216 cm³/mol. The van der Waals surface area contributed by atoms with Crippen molar-refractivity contribution in [2.45, 2.75) is 176 Å². The second kappa shape index (κ2) is 31.4. The normalized spacial score (nSPS) is 37.6. The predicted octanol–water partition coefficient (Wildman–Crippen LogP) is -4.93. The van der Waals surface area contributed by atoms with Gasteiger partial charge in [-0.25, -0.2) is 10.5 Å². The van der Waals surface area contributed by atoms with Crippen LogP contribution in [0.25, 0.3) is 0 Å². The summed E-state index contributed by atoms with van der Waals surface area (Å²) in [4.78, 5) is 48.1. The third-order valence-corrected chi connectivity index (χ3v) is 11.3. The van der Waals surface area contributed by atoms with Crippen LogP contribution >= 0.6 is 24.6 Å². The average molecular weight is 1070 g/mol. The van der Waals surface area contributed by atoms with Crippen LogP contribution in [0, 0.1) is 0 Å². The summed E-state index contributed by atoms with van der Waals surface area (Å²) < 4.78 is 72.8. The second-order valence-corrected chi connectivity index (χ2v) is 15.8. The van der Waals surface area contributed by atoms with E-state index < -0.39 is 173 Å². The molecule has 12 N–H and O–H groups in total. The van der Waals surface area contributed by atoms with E-state index in [4.69, 9.17) is 66.2 Å². The molecule has 0 amide bonds. The first-order valence-corrected chi connectivity index (χ1v) is 22.6. The first kappa shape index (κ1) is 61.9. The molecule has 0 spiro atoms. The maximum Gasteiger partial charge on any atom is 0.306 e. The summed E-state index contributed by atoms with van der Waals surface area (Å²) in [5.41, 5.74) is 0. The molecule has 0 saturated carbocycles. The fourth-order valence-corrected chi connectivity index (χ4v) is 7.42. The van der Waals surface area contributed by atoms with Gasteiger partial charge >= 0.3 is 23.9 Å². The Labute approximate surface area is 405 Å². The summed E-state index contributed by atoms with van der Waals surface area (Å²) in [6.07, 6.45) is -31.8. The lowest BCUT2D eigenvalue weighted by molar-refractivity contribution is -0.435. The van der Waals surface area contributed by atoms with E-state index in [2.05, 4.69) is 18.7 Å². The van der Waals surface area contributed by atoms with Gasteiger partial charge in [-0.3, -0.25) is 27.5 Å². The van der Waals surface area contributed by atoms with Gasteiger partial charge in [-0.15, -0.1) is 8.67 Å². The Bertz CT molecular complexity index is 1450. The molecule has 0 aliphatic carbocycles. The van der Waals surface area contributed by atoms with Crippen molar-refractivity contribution in [1.82, 2.24) is 0 Å². The highest BCUT2D eigenvalue weighted by molar-refractivity contribution is 7.89. The Morgan fingerprint density at radius 3 is 0.914 bits per heavy atom. The molecule has 0 aromatic rings. The standard InChI is InChI=1S/2C18H30O16S/c2*1-3-9(21)29-14-12(24)8(6-20)28-18(16(14)30-10(22)4-2)31-17-15(32-35-34-33-26)13(25)11(23)7(5-19)27-17/h2*7-8,11-20,23-26H,3-6H2,1-2H3. The van der Waals surface area contributed by atoms with Gasteiger partial charge in [0.05, 0.1) is 26.4 Å². The van der Waals surface area contributed by atoms with Crippen molar-refractivity contribution in [1.29, 1.82) is 0 Å². The molecule has 20 atom stereocenters. The van der Waals surface area contributed by atoms with Crippen molar-refractivity contribution < 1.29 is 155 Å². The molecule has 4 aliphatic rings. The van der Waals surface area contributed by atoms with Crippen LogP contribution in [0.3, 0.4) is 0 Å². The first-order valence-electron chi connectivity index (χ1n) is 21.3. The highest BCUT2D eigenvalue weighted by atomic mass is 32.2. The van der Waals surface area contributed by atoms with Gasteiger partial charge in [0.15, 0.2) is 73.9 Å². The zero-order valence-corrected chi connectivity index (χ0v) is 39.2. The van der Waals surface area contributed by atoms with E-state index in [0.717, 1.165) is 0 Å². The number of aliphatic hydroxyl groups is 10. The Morgan fingerprint density at radius 2 is 0.657 bits per heavy atom. The average Bonchev–Trinajstić information content (AvgIpc) is 3.36. The lowest BCUT2D eigenvalue weighted by atomic mass is 9.97. The fraction of sp³-hybridized carbons (Fsp3) is 0.889. The van der Waals surface area contributed by atoms with Gasteiger partial charge in [0, 0.05) is 25.7 Å². The van der Waals surface area contributed by atoms with E-state index in [9.17, 15) is 70.2 Å². The topological polar surface area (TPSA) is 459 Å². The third kappa shape index (κ3) is 16.8. The maximum atomic E-state index is 12.1. The molecular formula is C36H60O32S2. The molecule has 70 heavy (non-hydrogen) atoms. The number of esters is 4. The van der Waals surface area contributed by atoms with E-state index in [0.29, 0.717) is 0 Å². The molecule has 4 saturated heterocycles. The molecule has 0 aromatic heterocycles. The first-order chi connectivity index (χ1) is 33.4. The highest BCUT2D eigenvalue weighted by Gasteiger charge is 2.56. The number of aliphatic hydroxyl groups excluding tert-OH is 10. The molecule has 0 aromatic carbocycles. The zero-order chi connectivity index (χ0) is 52.2. The van der Waals surface area contributed by atoms with Crippen molar-refractivity contribution in [3.8, 4) is 0 Å². The number of carbonyl (C=O) groups excluding carboxylic acids is 4. The largest absolute Gasteiger partial charge is 0.455 e. The second-order valence-electron chi connectivity index (χ2n) is 14.9. The van der Waals surface area contributed by atoms with Crippen molar-refractivity contribution in [2.24, 2.45) is 0 Å². The number of hydrogen-bond donors (Lipinski definition) is 12. The van der Waals surface area contributed by atoms with Crippen molar-refractivity contribution in [3.63, 3.8) is 0 Å². The van der Waals surface area contributed by atoms with Crippen LogP contribution in [0.5, 0.6) is 0 Å². The molecule has 4 rings (SSSR count). The lowest BCUT2D eigenvalue weighted by Gasteiger charge is -2.46. The summed E-state index contributed by atoms with van der Waals surface area (Å²) in [6, 6.07) is 0. The van der Waals surface area contributed by atoms with Gasteiger partial charge in [0.1, 0.15) is 61.0 Å². The molecule has 34 heteroatoms. The number of rotatable bonds is 24. The molecule has 20 unspecified atom stereocenters. The quantitative estimate of drug-likeness (QED) is 0.0108. The van der Waals surface area contributed by atoms with Gasteiger partial charge in [-0.2, -0.15) is 0 Å². The Hall–Kier alpha value is -2.38. The van der Waals surface area contributed by atoms with E-state index in [1.54, 1.807) is 0 Å². The number of hydrogen-bond acceptors (Lipinski definition) is 34. The van der Waals surface area contributed by atoms with Gasteiger partial charge < -0.3 is 98.4 Å². The van der Waals surface area contributed by atoms with Gasteiger partial charge in [-0.1, -0.05) is 37.8 Å². The van der Waals surface area contributed by atoms with Crippen LogP contribution in [0.2, 0.25) is 0 Å². The van der Waals surface area contributed by atoms with Crippen LogP contribution in [-0.4, -0.2) is 235 Å². The van der Waals surface area contributed by atoms with Crippen LogP contribution < -0.4 is 0 Å². The molecule has 32 nitrogen and oxygen atoms in total. The van der Waals surface area contributed by atoms with Crippen LogP contribution in [-0.2, 0) is 93.7 Å². The minimum atomic E-state index is -1.74. The molecule has 4 aliphatic heterocycles. The molecule has 4 heterocycles. The Morgan fingerprint density at radius 1 is 0.400 bits per heavy atom. The van der Waals surface area contributed by atoms with E-state index in [-0.39, 0.29) is 50.3 Å². The van der Waals surface area contributed by atoms with Crippen molar-refractivity contribution in [3.05, 3.63) is 0 Å². The van der Waals surface area contributed by atoms with Gasteiger partial charge in [-0.05, 0) is 0 Å². The molecular weight excluding hydrogens is 1010 g/mol. The highest BCUT2D eigenvalue weighted by Crippen LogP contribution is 2.35. The van der Waals surface area contributed by atoms with Gasteiger partial charge in [0.25, 0.3) is 0 Å². The molecule has 0 radical (unpaired) electrons. The van der Waals surface area contributed by atoms with E-state index in [1.165, 1.54) is 27.7 Å². The summed E-state index contributed by atoms with van der Waals surface area (Å²) in [5, 5.41) is 124. The molecule has 408 valence electrons. The summed E-state index contributed by atoms with van der Waals surface area (Å²) in [5.74, 6) is -3.06. The smallest absolute Gasteiger partial charge is 0.306 e. The van der Waals surface area contributed by atoms with E-state index >= 15 is 0 Å². The summed E-state index contributed by atoms with van der Waals surface area (Å²) in [6.45, 7) is 2.96. The Kier molecular flexibility index (Phi) is 27.8. The zero-order valence-electron chi connectivity index (χ0n) is 37.6. The SMILES string of the molecule is CCC(=O)OC1C(OC2OC(CO)C(O)C(O)C2OSOOO)OC(CO)C(O)C1OC(=O)CC.CCC(=O)OC1C(OC2OC(CO)C(O)C(O)C2OSOOO)OC(CO)C(O)C1OC(=O)CC.